The van der Waals surface area contributed by atoms with Crippen LogP contribution in [0.1, 0.15) is 17.5 Å². The first-order chi connectivity index (χ1) is 8.45. The molecule has 0 spiro atoms. The molecule has 0 saturated heterocycles. The summed E-state index contributed by atoms with van der Waals surface area (Å²) >= 11 is 5.69. The van der Waals surface area contributed by atoms with Gasteiger partial charge in [0.1, 0.15) is 0 Å². The lowest BCUT2D eigenvalue weighted by molar-refractivity contribution is -0.137. The van der Waals surface area contributed by atoms with Gasteiger partial charge in [0.05, 0.1) is 10.6 Å². The first-order valence-electron chi connectivity index (χ1n) is 4.81. The Bertz CT molecular complexity index is 537. The van der Waals surface area contributed by atoms with Crippen molar-refractivity contribution in [3.8, 4) is 11.8 Å². The van der Waals surface area contributed by atoms with Crippen molar-refractivity contribution in [1.82, 2.24) is 0 Å². The molecule has 1 rings (SSSR count). The molecule has 0 amide bonds. The molecule has 94 valence electrons. The molecule has 0 unspecified atom stereocenters. The van der Waals surface area contributed by atoms with E-state index in [0.717, 1.165) is 12.1 Å². The van der Waals surface area contributed by atoms with E-state index in [1.807, 2.05) is 0 Å². The van der Waals surface area contributed by atoms with Crippen LogP contribution in [0.5, 0.6) is 0 Å². The third-order valence-corrected chi connectivity index (χ3v) is 2.23. The summed E-state index contributed by atoms with van der Waals surface area (Å²) in [6, 6.07) is 2.97. The zero-order chi connectivity index (χ0) is 13.6. The summed E-state index contributed by atoms with van der Waals surface area (Å²) in [7, 11) is 0. The molecule has 3 nitrogen and oxygen atoms in total. The van der Waals surface area contributed by atoms with Gasteiger partial charge in [0.25, 0.3) is 0 Å². The maximum Gasteiger partial charge on any atom is 0.416 e. The van der Waals surface area contributed by atoms with Crippen LogP contribution in [0.25, 0.3) is 10.4 Å². The van der Waals surface area contributed by atoms with Crippen LogP contribution in [-0.2, 0) is 6.18 Å². The van der Waals surface area contributed by atoms with Crippen molar-refractivity contribution in [3.63, 3.8) is 0 Å². The van der Waals surface area contributed by atoms with E-state index in [-0.39, 0.29) is 11.6 Å². The molecule has 0 aromatic heterocycles. The van der Waals surface area contributed by atoms with Crippen LogP contribution < -0.4 is 0 Å². The van der Waals surface area contributed by atoms with Crippen molar-refractivity contribution in [1.29, 1.82) is 0 Å². The number of alkyl halides is 3. The molecule has 0 aliphatic rings. The molecule has 0 aliphatic heterocycles. The molecular formula is C11H7ClF3N3. The molecule has 0 bridgehead atoms. The first kappa shape index (κ1) is 14.2. The van der Waals surface area contributed by atoms with Crippen LogP contribution in [-0.4, -0.2) is 6.54 Å². The Labute approximate surface area is 106 Å². The summed E-state index contributed by atoms with van der Waals surface area (Å²) in [4.78, 5) is 2.54. The molecule has 7 heteroatoms. The van der Waals surface area contributed by atoms with Gasteiger partial charge in [-0.15, -0.1) is 0 Å². The van der Waals surface area contributed by atoms with E-state index in [1.165, 1.54) is 6.07 Å². The van der Waals surface area contributed by atoms with Crippen molar-refractivity contribution in [2.45, 2.75) is 12.6 Å². The fraction of sp³-hybridized carbons (Fsp3) is 0.273. The second-order valence-electron chi connectivity index (χ2n) is 3.20. The second kappa shape index (κ2) is 6.20. The summed E-state index contributed by atoms with van der Waals surface area (Å²) in [5.41, 5.74) is 7.51. The lowest BCUT2D eigenvalue weighted by Gasteiger charge is -2.07. The summed E-state index contributed by atoms with van der Waals surface area (Å²) in [5, 5.41) is 3.21. The van der Waals surface area contributed by atoms with E-state index < -0.39 is 11.7 Å². The number of benzene rings is 1. The molecule has 0 N–H and O–H groups in total. The van der Waals surface area contributed by atoms with Crippen LogP contribution in [0.15, 0.2) is 23.3 Å². The Balaban J connectivity index is 2.83. The SMILES string of the molecule is [N-]=[N+]=NCCC#Cc1ccc(C(F)(F)F)cc1Cl. The minimum absolute atomic E-state index is 0.0545. The largest absolute Gasteiger partial charge is 0.416 e. The third-order valence-electron chi connectivity index (χ3n) is 1.92. The van der Waals surface area contributed by atoms with E-state index in [2.05, 4.69) is 21.9 Å². The zero-order valence-corrected chi connectivity index (χ0v) is 9.76. The normalized spacial score (nSPS) is 10.2. The average Bonchev–Trinajstić information content (AvgIpc) is 2.29. The molecule has 18 heavy (non-hydrogen) atoms. The lowest BCUT2D eigenvalue weighted by Crippen LogP contribution is -2.04. The highest BCUT2D eigenvalue weighted by Gasteiger charge is 2.30. The van der Waals surface area contributed by atoms with Crippen LogP contribution >= 0.6 is 11.6 Å². The minimum atomic E-state index is -4.42. The highest BCUT2D eigenvalue weighted by atomic mass is 35.5. The Morgan fingerprint density at radius 1 is 1.39 bits per heavy atom. The molecule has 1 aromatic rings. The summed E-state index contributed by atoms with van der Waals surface area (Å²) in [6.07, 6.45) is -4.10. The molecule has 0 heterocycles. The second-order valence-corrected chi connectivity index (χ2v) is 3.61. The summed E-state index contributed by atoms with van der Waals surface area (Å²) < 4.78 is 37.0. The number of azide groups is 1. The quantitative estimate of drug-likeness (QED) is 0.252. The Morgan fingerprint density at radius 2 is 2.11 bits per heavy atom. The molecule has 0 fully saturated rings. The van der Waals surface area contributed by atoms with Gasteiger partial charge >= 0.3 is 6.18 Å². The van der Waals surface area contributed by atoms with Gasteiger partial charge in [-0.25, -0.2) is 0 Å². The van der Waals surface area contributed by atoms with Crippen LogP contribution in [0.2, 0.25) is 5.02 Å². The maximum absolute atomic E-state index is 12.3. The van der Waals surface area contributed by atoms with Gasteiger partial charge in [0, 0.05) is 23.4 Å². The lowest BCUT2D eigenvalue weighted by atomic mass is 10.1. The van der Waals surface area contributed by atoms with Gasteiger partial charge in [0.2, 0.25) is 0 Å². The highest BCUT2D eigenvalue weighted by molar-refractivity contribution is 6.31. The number of hydrogen-bond donors (Lipinski definition) is 0. The summed E-state index contributed by atoms with van der Waals surface area (Å²) in [6.45, 7) is 0.210. The molecule has 0 aliphatic carbocycles. The van der Waals surface area contributed by atoms with E-state index in [0.29, 0.717) is 12.0 Å². The average molecular weight is 274 g/mol. The van der Waals surface area contributed by atoms with Crippen LogP contribution in [0, 0.1) is 11.8 Å². The third kappa shape index (κ3) is 4.21. The van der Waals surface area contributed by atoms with Gasteiger partial charge in [-0.2, -0.15) is 13.2 Å². The smallest absolute Gasteiger partial charge is 0.166 e. The van der Waals surface area contributed by atoms with E-state index in [9.17, 15) is 13.2 Å². The van der Waals surface area contributed by atoms with E-state index in [1.54, 1.807) is 0 Å². The predicted molar refractivity (Wildman–Crippen MR) is 62.0 cm³/mol. The zero-order valence-electron chi connectivity index (χ0n) is 9.00. The highest BCUT2D eigenvalue weighted by Crippen LogP contribution is 2.31. The minimum Gasteiger partial charge on any atom is -0.166 e. The van der Waals surface area contributed by atoms with E-state index in [4.69, 9.17) is 17.1 Å². The summed E-state index contributed by atoms with van der Waals surface area (Å²) in [5.74, 6) is 5.27. The monoisotopic (exact) mass is 273 g/mol. The van der Waals surface area contributed by atoms with Gasteiger partial charge in [-0.05, 0) is 23.7 Å². The topological polar surface area (TPSA) is 48.8 Å². The van der Waals surface area contributed by atoms with Gasteiger partial charge in [-0.3, -0.25) is 0 Å². The number of rotatable bonds is 2. The standard InChI is InChI=1S/C11H7ClF3N3/c12-10-7-9(11(13,14)15)5-4-8(10)3-1-2-6-17-18-16/h4-5,7H,2,6H2. The van der Waals surface area contributed by atoms with Crippen LogP contribution in [0.4, 0.5) is 13.2 Å². The molecule has 1 aromatic carbocycles. The molecule has 0 atom stereocenters. The van der Waals surface area contributed by atoms with Gasteiger partial charge < -0.3 is 0 Å². The van der Waals surface area contributed by atoms with Crippen molar-refractivity contribution < 1.29 is 13.2 Å². The van der Waals surface area contributed by atoms with Crippen molar-refractivity contribution >= 4 is 11.6 Å². The number of hydrogen-bond acceptors (Lipinski definition) is 1. The number of halogens is 4. The fourth-order valence-corrected chi connectivity index (χ4v) is 1.33. The fourth-order valence-electron chi connectivity index (χ4n) is 1.10. The molecule has 0 radical (unpaired) electrons. The Hall–Kier alpha value is -1.83. The van der Waals surface area contributed by atoms with Crippen LogP contribution in [0.3, 0.4) is 0 Å². The number of nitrogens with zero attached hydrogens (tertiary/aromatic N) is 3. The molecular weight excluding hydrogens is 267 g/mol. The predicted octanol–water partition coefficient (Wildman–Crippen LogP) is 4.41. The van der Waals surface area contributed by atoms with Gasteiger partial charge in [-0.1, -0.05) is 28.6 Å². The van der Waals surface area contributed by atoms with Crippen molar-refractivity contribution in [2.24, 2.45) is 5.11 Å². The molecule has 0 saturated carbocycles. The Morgan fingerprint density at radius 3 is 2.67 bits per heavy atom. The Kier molecular flexibility index (Phi) is 4.90. The van der Waals surface area contributed by atoms with Crippen molar-refractivity contribution in [2.75, 3.05) is 6.54 Å². The maximum atomic E-state index is 12.3. The van der Waals surface area contributed by atoms with Gasteiger partial charge in [0.15, 0.2) is 0 Å². The van der Waals surface area contributed by atoms with E-state index >= 15 is 0 Å². The van der Waals surface area contributed by atoms with Crippen molar-refractivity contribution in [3.05, 3.63) is 44.8 Å². The first-order valence-corrected chi connectivity index (χ1v) is 5.19.